The first-order chi connectivity index (χ1) is 8.78. The third-order valence-electron chi connectivity index (χ3n) is 3.53. The highest BCUT2D eigenvalue weighted by Crippen LogP contribution is 2.29. The Balaban J connectivity index is 1.85. The predicted octanol–water partition coefficient (Wildman–Crippen LogP) is 2.74. The maximum atomic E-state index is 11.8. The van der Waals surface area contributed by atoms with Gasteiger partial charge in [-0.05, 0) is 49.3 Å². The fraction of sp³-hybridized carbons (Fsp3) is 0.533. The first-order valence-corrected chi connectivity index (χ1v) is 6.77. The van der Waals surface area contributed by atoms with Crippen LogP contribution in [-0.2, 0) is 11.2 Å². The summed E-state index contributed by atoms with van der Waals surface area (Å²) >= 11 is 0. The van der Waals surface area contributed by atoms with Crippen LogP contribution in [0.15, 0.2) is 24.3 Å². The number of rotatable bonds is 6. The van der Waals surface area contributed by atoms with Crippen LogP contribution in [0.2, 0.25) is 0 Å². The van der Waals surface area contributed by atoms with E-state index in [-0.39, 0.29) is 12.5 Å². The van der Waals surface area contributed by atoms with Gasteiger partial charge in [0.2, 0.25) is 5.91 Å². The molecule has 0 spiro atoms. The molecular formula is C15H21NO2. The number of aliphatic hydroxyl groups excluding tert-OH is 1. The van der Waals surface area contributed by atoms with Crippen LogP contribution < -0.4 is 5.32 Å². The van der Waals surface area contributed by atoms with E-state index in [1.165, 1.54) is 19.3 Å². The molecule has 98 valence electrons. The molecule has 0 heterocycles. The molecule has 0 radical (unpaired) electrons. The van der Waals surface area contributed by atoms with Crippen LogP contribution in [0.3, 0.4) is 0 Å². The second-order valence-corrected chi connectivity index (χ2v) is 5.08. The van der Waals surface area contributed by atoms with Gasteiger partial charge in [-0.2, -0.15) is 0 Å². The van der Waals surface area contributed by atoms with Crippen molar-refractivity contribution in [3.63, 3.8) is 0 Å². The molecule has 0 saturated heterocycles. The number of amides is 1. The third-order valence-corrected chi connectivity index (χ3v) is 3.53. The third kappa shape index (κ3) is 3.84. The molecular weight excluding hydrogens is 226 g/mol. The summed E-state index contributed by atoms with van der Waals surface area (Å²) in [4.78, 5) is 11.8. The molecule has 1 aliphatic carbocycles. The molecule has 2 rings (SSSR count). The summed E-state index contributed by atoms with van der Waals surface area (Å²) < 4.78 is 0. The van der Waals surface area contributed by atoms with E-state index in [4.69, 9.17) is 5.11 Å². The Hall–Kier alpha value is -1.35. The minimum absolute atomic E-state index is 0.124. The highest BCUT2D eigenvalue weighted by atomic mass is 16.2. The Morgan fingerprint density at radius 3 is 2.89 bits per heavy atom. The lowest BCUT2D eigenvalue weighted by Crippen LogP contribution is -2.20. The largest absolute Gasteiger partial charge is 0.396 e. The number of benzene rings is 1. The number of hydrogen-bond donors (Lipinski definition) is 2. The number of hydrogen-bond acceptors (Lipinski definition) is 2. The zero-order valence-electron chi connectivity index (χ0n) is 10.7. The van der Waals surface area contributed by atoms with Gasteiger partial charge < -0.3 is 10.4 Å². The Morgan fingerprint density at radius 2 is 2.22 bits per heavy atom. The second-order valence-electron chi connectivity index (χ2n) is 5.08. The zero-order valence-corrected chi connectivity index (χ0v) is 10.7. The fourth-order valence-corrected chi connectivity index (χ4v) is 2.26. The normalized spacial score (nSPS) is 15.2. The van der Waals surface area contributed by atoms with Gasteiger partial charge in [-0.3, -0.25) is 4.79 Å². The Kier molecular flexibility index (Phi) is 4.76. The Bertz CT molecular complexity index is 399. The number of anilines is 1. The molecule has 1 amide bonds. The molecule has 1 fully saturated rings. The van der Waals surface area contributed by atoms with Crippen molar-refractivity contribution >= 4 is 11.6 Å². The first-order valence-electron chi connectivity index (χ1n) is 6.77. The lowest BCUT2D eigenvalue weighted by molar-refractivity contribution is -0.117. The van der Waals surface area contributed by atoms with Crippen LogP contribution in [0.4, 0.5) is 5.69 Å². The SMILES string of the molecule is O=C(CC1CCC1)Nc1cccc(CCCO)c1. The van der Waals surface area contributed by atoms with Crippen LogP contribution in [-0.4, -0.2) is 17.6 Å². The van der Waals surface area contributed by atoms with E-state index >= 15 is 0 Å². The number of carbonyl (C=O) groups is 1. The van der Waals surface area contributed by atoms with E-state index in [1.807, 2.05) is 24.3 Å². The molecule has 1 saturated carbocycles. The minimum Gasteiger partial charge on any atom is -0.396 e. The van der Waals surface area contributed by atoms with E-state index in [9.17, 15) is 4.79 Å². The second kappa shape index (κ2) is 6.55. The number of carbonyl (C=O) groups excluding carboxylic acids is 1. The molecule has 1 aromatic rings. The van der Waals surface area contributed by atoms with Gasteiger partial charge in [-0.1, -0.05) is 18.6 Å². The van der Waals surface area contributed by atoms with Crippen molar-refractivity contribution < 1.29 is 9.90 Å². The summed E-state index contributed by atoms with van der Waals surface area (Å²) in [5.41, 5.74) is 2.03. The zero-order chi connectivity index (χ0) is 12.8. The van der Waals surface area contributed by atoms with Crippen molar-refractivity contribution in [3.8, 4) is 0 Å². The average Bonchev–Trinajstić information content (AvgIpc) is 2.32. The quantitative estimate of drug-likeness (QED) is 0.812. The molecule has 0 aromatic heterocycles. The molecule has 0 aliphatic heterocycles. The van der Waals surface area contributed by atoms with Crippen molar-refractivity contribution in [2.45, 2.75) is 38.5 Å². The highest BCUT2D eigenvalue weighted by molar-refractivity contribution is 5.90. The standard InChI is InChI=1S/C15H21NO2/c17-9-3-7-12-6-2-8-14(10-12)16-15(18)11-13-4-1-5-13/h2,6,8,10,13,17H,1,3-5,7,9,11H2,(H,16,18). The summed E-state index contributed by atoms with van der Waals surface area (Å²) in [6.07, 6.45) is 5.94. The van der Waals surface area contributed by atoms with E-state index < -0.39 is 0 Å². The van der Waals surface area contributed by atoms with Gasteiger partial charge in [0.05, 0.1) is 0 Å². The summed E-state index contributed by atoms with van der Waals surface area (Å²) in [6.45, 7) is 0.207. The molecule has 3 nitrogen and oxygen atoms in total. The number of aryl methyl sites for hydroxylation is 1. The lowest BCUT2D eigenvalue weighted by Gasteiger charge is -2.24. The molecule has 18 heavy (non-hydrogen) atoms. The number of aliphatic hydroxyl groups is 1. The summed E-state index contributed by atoms with van der Waals surface area (Å²) in [5, 5.41) is 11.8. The number of nitrogens with one attached hydrogen (secondary N) is 1. The van der Waals surface area contributed by atoms with Gasteiger partial charge in [0.15, 0.2) is 0 Å². The van der Waals surface area contributed by atoms with Crippen molar-refractivity contribution in [3.05, 3.63) is 29.8 Å². The van der Waals surface area contributed by atoms with Gasteiger partial charge in [0.1, 0.15) is 0 Å². The molecule has 2 N–H and O–H groups in total. The van der Waals surface area contributed by atoms with E-state index in [2.05, 4.69) is 5.32 Å². The van der Waals surface area contributed by atoms with Gasteiger partial charge in [-0.25, -0.2) is 0 Å². The van der Waals surface area contributed by atoms with Crippen LogP contribution in [0.1, 0.15) is 37.7 Å². The topological polar surface area (TPSA) is 49.3 Å². The lowest BCUT2D eigenvalue weighted by atomic mass is 9.83. The van der Waals surface area contributed by atoms with Crippen LogP contribution in [0.5, 0.6) is 0 Å². The van der Waals surface area contributed by atoms with E-state index in [0.29, 0.717) is 12.3 Å². The highest BCUT2D eigenvalue weighted by Gasteiger charge is 2.20. The van der Waals surface area contributed by atoms with Crippen LogP contribution >= 0.6 is 0 Å². The van der Waals surface area contributed by atoms with E-state index in [0.717, 1.165) is 24.1 Å². The Morgan fingerprint density at radius 1 is 1.39 bits per heavy atom. The van der Waals surface area contributed by atoms with Crippen molar-refractivity contribution in [2.24, 2.45) is 5.92 Å². The average molecular weight is 247 g/mol. The maximum Gasteiger partial charge on any atom is 0.224 e. The summed E-state index contributed by atoms with van der Waals surface area (Å²) in [5.74, 6) is 0.724. The minimum atomic E-state index is 0.124. The summed E-state index contributed by atoms with van der Waals surface area (Å²) in [6, 6.07) is 7.89. The molecule has 1 aromatic carbocycles. The van der Waals surface area contributed by atoms with Crippen molar-refractivity contribution in [1.82, 2.24) is 0 Å². The monoisotopic (exact) mass is 247 g/mol. The van der Waals surface area contributed by atoms with Gasteiger partial charge >= 0.3 is 0 Å². The van der Waals surface area contributed by atoms with Gasteiger partial charge in [0, 0.05) is 18.7 Å². The van der Waals surface area contributed by atoms with Crippen LogP contribution in [0, 0.1) is 5.92 Å². The predicted molar refractivity (Wildman–Crippen MR) is 72.4 cm³/mol. The van der Waals surface area contributed by atoms with Crippen molar-refractivity contribution in [1.29, 1.82) is 0 Å². The van der Waals surface area contributed by atoms with E-state index in [1.54, 1.807) is 0 Å². The summed E-state index contributed by atoms with van der Waals surface area (Å²) in [7, 11) is 0. The maximum absolute atomic E-state index is 11.8. The molecule has 1 aliphatic rings. The first kappa shape index (κ1) is 13.1. The fourth-order valence-electron chi connectivity index (χ4n) is 2.26. The molecule has 3 heteroatoms. The van der Waals surface area contributed by atoms with Crippen molar-refractivity contribution in [2.75, 3.05) is 11.9 Å². The molecule has 0 bridgehead atoms. The smallest absolute Gasteiger partial charge is 0.224 e. The van der Waals surface area contributed by atoms with Gasteiger partial charge in [-0.15, -0.1) is 0 Å². The van der Waals surface area contributed by atoms with Gasteiger partial charge in [0.25, 0.3) is 0 Å². The Labute approximate surface area is 108 Å². The molecule has 0 atom stereocenters. The van der Waals surface area contributed by atoms with Crippen LogP contribution in [0.25, 0.3) is 0 Å². The molecule has 0 unspecified atom stereocenters.